The minimum atomic E-state index is -1.22. The van der Waals surface area contributed by atoms with E-state index in [9.17, 15) is 14.7 Å². The van der Waals surface area contributed by atoms with E-state index in [2.05, 4.69) is 15.2 Å². The summed E-state index contributed by atoms with van der Waals surface area (Å²) >= 11 is 0. The largest absolute Gasteiger partial charge is 0.493 e. The van der Waals surface area contributed by atoms with Crippen molar-refractivity contribution in [3.05, 3.63) is 59.7 Å². The number of nitrogens with zero attached hydrogens (tertiary/aromatic N) is 2. The minimum Gasteiger partial charge on any atom is -0.493 e. The van der Waals surface area contributed by atoms with Gasteiger partial charge in [-0.1, -0.05) is 30.3 Å². The van der Waals surface area contributed by atoms with E-state index < -0.39 is 11.9 Å². The van der Waals surface area contributed by atoms with Crippen LogP contribution < -0.4 is 0 Å². The first-order valence-corrected chi connectivity index (χ1v) is 6.66. The number of carboxylic acids is 1. The molecule has 7 heteroatoms. The van der Waals surface area contributed by atoms with Crippen LogP contribution in [0.5, 0.6) is 5.88 Å². The maximum atomic E-state index is 12.1. The summed E-state index contributed by atoms with van der Waals surface area (Å²) in [5, 5.41) is 26.8. The van der Waals surface area contributed by atoms with Gasteiger partial charge in [-0.05, 0) is 18.2 Å². The lowest BCUT2D eigenvalue weighted by molar-refractivity contribution is 0.0692. The number of nitrogens with one attached hydrogen (secondary N) is 1. The number of benzene rings is 2. The summed E-state index contributed by atoms with van der Waals surface area (Å²) in [7, 11) is 0. The number of carbonyl (C=O) groups is 2. The zero-order valence-corrected chi connectivity index (χ0v) is 11.7. The van der Waals surface area contributed by atoms with Gasteiger partial charge in [-0.25, -0.2) is 4.79 Å². The van der Waals surface area contributed by atoms with E-state index in [0.29, 0.717) is 10.9 Å². The molecule has 3 N–H and O–H groups in total. The molecule has 0 aliphatic rings. The van der Waals surface area contributed by atoms with Crippen molar-refractivity contribution in [3.63, 3.8) is 0 Å². The molecule has 114 valence electrons. The zero-order chi connectivity index (χ0) is 16.4. The van der Waals surface area contributed by atoms with E-state index in [1.165, 1.54) is 18.2 Å². The van der Waals surface area contributed by atoms with Crippen LogP contribution in [0.15, 0.2) is 58.8 Å². The molecule has 1 aromatic heterocycles. The number of carboxylic acid groups (broad SMARTS) is 1. The number of hydrogen-bond acceptors (Lipinski definition) is 4. The van der Waals surface area contributed by atoms with Gasteiger partial charge in [0, 0.05) is 5.39 Å². The molecule has 7 nitrogen and oxygen atoms in total. The van der Waals surface area contributed by atoms with E-state index in [0.717, 1.165) is 0 Å². The third-order valence-electron chi connectivity index (χ3n) is 3.29. The number of fused-ring (bicyclic) bond motifs is 1. The molecule has 0 unspecified atom stereocenters. The number of aromatic carboxylic acids is 1. The second-order valence-corrected chi connectivity index (χ2v) is 4.72. The fraction of sp³-hybridized carbons (Fsp3) is 0. The number of carbonyl (C=O) groups excluding carboxylic acids is 1. The van der Waals surface area contributed by atoms with Crippen molar-refractivity contribution in [2.24, 2.45) is 10.2 Å². The van der Waals surface area contributed by atoms with Crippen molar-refractivity contribution in [2.45, 2.75) is 0 Å². The van der Waals surface area contributed by atoms with Gasteiger partial charge >= 0.3 is 5.97 Å². The van der Waals surface area contributed by atoms with Gasteiger partial charge in [-0.15, -0.1) is 10.2 Å². The summed E-state index contributed by atoms with van der Waals surface area (Å²) in [4.78, 5) is 25.9. The van der Waals surface area contributed by atoms with E-state index in [-0.39, 0.29) is 22.7 Å². The van der Waals surface area contributed by atoms with Crippen LogP contribution in [0.25, 0.3) is 10.9 Å². The highest BCUT2D eigenvalue weighted by atomic mass is 16.4. The maximum Gasteiger partial charge on any atom is 0.336 e. The predicted molar refractivity (Wildman–Crippen MR) is 82.2 cm³/mol. The van der Waals surface area contributed by atoms with Gasteiger partial charge in [-0.2, -0.15) is 0 Å². The molecule has 0 spiro atoms. The van der Waals surface area contributed by atoms with Crippen LogP contribution in [0.3, 0.4) is 0 Å². The Kier molecular flexibility index (Phi) is 3.60. The van der Waals surface area contributed by atoms with E-state index in [4.69, 9.17) is 5.11 Å². The van der Waals surface area contributed by atoms with E-state index >= 15 is 0 Å². The van der Waals surface area contributed by atoms with Gasteiger partial charge in [-0.3, -0.25) is 4.79 Å². The lowest BCUT2D eigenvalue weighted by Gasteiger charge is -2.00. The predicted octanol–water partition coefficient (Wildman–Crippen LogP) is 3.50. The molecule has 0 saturated carbocycles. The molecule has 23 heavy (non-hydrogen) atoms. The first kappa shape index (κ1) is 14.5. The van der Waals surface area contributed by atoms with Gasteiger partial charge < -0.3 is 15.2 Å². The van der Waals surface area contributed by atoms with E-state index in [1.54, 1.807) is 30.3 Å². The Morgan fingerprint density at radius 3 is 2.35 bits per heavy atom. The van der Waals surface area contributed by atoms with Crippen molar-refractivity contribution in [2.75, 3.05) is 0 Å². The second-order valence-electron chi connectivity index (χ2n) is 4.72. The Hall–Kier alpha value is -3.48. The molecular weight excluding hydrogens is 298 g/mol. The standard InChI is InChI=1S/C16H11N3O4/c20-14(9-5-1-2-6-10(9)16(22)23)19-18-13-11-7-3-4-8-12(11)17-15(13)21/h1-8,17,21H,(H,22,23). The lowest BCUT2D eigenvalue weighted by Crippen LogP contribution is -2.06. The number of aromatic nitrogens is 1. The van der Waals surface area contributed by atoms with Gasteiger partial charge in [0.25, 0.3) is 5.91 Å². The third-order valence-corrected chi connectivity index (χ3v) is 3.29. The van der Waals surface area contributed by atoms with Crippen LogP contribution in [-0.4, -0.2) is 27.1 Å². The molecule has 0 aliphatic carbocycles. The Morgan fingerprint density at radius 2 is 1.61 bits per heavy atom. The van der Waals surface area contributed by atoms with Crippen LogP contribution in [0.4, 0.5) is 5.69 Å². The molecule has 0 radical (unpaired) electrons. The first-order valence-electron chi connectivity index (χ1n) is 6.66. The second kappa shape index (κ2) is 5.72. The van der Waals surface area contributed by atoms with Crippen LogP contribution in [0, 0.1) is 0 Å². The molecule has 0 bridgehead atoms. The number of amides is 1. The average Bonchev–Trinajstić information content (AvgIpc) is 2.88. The Labute approximate surface area is 129 Å². The monoisotopic (exact) mass is 309 g/mol. The molecule has 1 heterocycles. The Balaban J connectivity index is 1.98. The molecular formula is C16H11N3O4. The fourth-order valence-electron chi connectivity index (χ4n) is 2.22. The maximum absolute atomic E-state index is 12.1. The van der Waals surface area contributed by atoms with Gasteiger partial charge in [0.15, 0.2) is 5.69 Å². The number of H-pyrrole nitrogens is 1. The molecule has 0 aliphatic heterocycles. The average molecular weight is 309 g/mol. The minimum absolute atomic E-state index is 0.0666. The smallest absolute Gasteiger partial charge is 0.336 e. The Bertz CT molecular complexity index is 943. The van der Waals surface area contributed by atoms with Crippen molar-refractivity contribution in [3.8, 4) is 5.88 Å². The van der Waals surface area contributed by atoms with Crippen LogP contribution in [0.2, 0.25) is 0 Å². The molecule has 3 rings (SSSR count). The number of para-hydroxylation sites is 1. The molecule has 0 atom stereocenters. The van der Waals surface area contributed by atoms with Crippen LogP contribution in [-0.2, 0) is 0 Å². The van der Waals surface area contributed by atoms with Gasteiger partial charge in [0.2, 0.25) is 5.88 Å². The summed E-state index contributed by atoms with van der Waals surface area (Å²) < 4.78 is 0. The first-order chi connectivity index (χ1) is 11.1. The van der Waals surface area contributed by atoms with Crippen molar-refractivity contribution in [1.29, 1.82) is 0 Å². The normalized spacial score (nSPS) is 11.1. The Morgan fingerprint density at radius 1 is 0.957 bits per heavy atom. The highest BCUT2D eigenvalue weighted by Crippen LogP contribution is 2.35. The highest BCUT2D eigenvalue weighted by molar-refractivity contribution is 6.05. The molecule has 1 amide bonds. The number of rotatable bonds is 3. The number of hydrogen-bond donors (Lipinski definition) is 3. The SMILES string of the molecule is O=C(O)c1ccccc1C(=O)N=Nc1c(O)[nH]c2ccccc12. The quantitative estimate of drug-likeness (QED) is 0.642. The van der Waals surface area contributed by atoms with Gasteiger partial charge in [0.1, 0.15) is 0 Å². The van der Waals surface area contributed by atoms with Crippen LogP contribution >= 0.6 is 0 Å². The van der Waals surface area contributed by atoms with Crippen molar-refractivity contribution >= 4 is 28.5 Å². The number of aromatic amines is 1. The summed E-state index contributed by atoms with van der Waals surface area (Å²) in [6.45, 7) is 0. The topological polar surface area (TPSA) is 115 Å². The van der Waals surface area contributed by atoms with Gasteiger partial charge in [0.05, 0.1) is 16.6 Å². The van der Waals surface area contributed by atoms with E-state index in [1.807, 2.05) is 0 Å². The van der Waals surface area contributed by atoms with Crippen molar-refractivity contribution in [1.82, 2.24) is 4.98 Å². The molecule has 3 aromatic rings. The summed E-state index contributed by atoms with van der Waals surface area (Å²) in [5.74, 6) is -2.24. The number of azo groups is 1. The summed E-state index contributed by atoms with van der Waals surface area (Å²) in [6.07, 6.45) is 0. The number of aromatic hydroxyl groups is 1. The van der Waals surface area contributed by atoms with Crippen LogP contribution in [0.1, 0.15) is 20.7 Å². The lowest BCUT2D eigenvalue weighted by atomic mass is 10.1. The molecule has 0 saturated heterocycles. The summed E-state index contributed by atoms with van der Waals surface area (Å²) in [5.41, 5.74) is 0.557. The fourth-order valence-corrected chi connectivity index (χ4v) is 2.22. The zero-order valence-electron chi connectivity index (χ0n) is 11.7. The van der Waals surface area contributed by atoms with Crippen molar-refractivity contribution < 1.29 is 19.8 Å². The highest BCUT2D eigenvalue weighted by Gasteiger charge is 2.16. The summed E-state index contributed by atoms with van der Waals surface area (Å²) in [6, 6.07) is 12.7. The molecule has 2 aromatic carbocycles. The molecule has 0 fully saturated rings. The third kappa shape index (κ3) is 2.67.